The van der Waals surface area contributed by atoms with Crippen LogP contribution in [0.1, 0.15) is 114 Å². The normalized spacial score (nSPS) is 12.9. The summed E-state index contributed by atoms with van der Waals surface area (Å²) in [4.78, 5) is 17.6. The smallest absolute Gasteiger partial charge is 0.119 e. The molecule has 0 unspecified atom stereocenters. The van der Waals surface area contributed by atoms with Gasteiger partial charge >= 0.3 is 0 Å². The van der Waals surface area contributed by atoms with E-state index in [2.05, 4.69) is 37.9 Å². The van der Waals surface area contributed by atoms with E-state index in [-0.39, 0.29) is 0 Å². The number of oxime groups is 1. The summed E-state index contributed by atoms with van der Waals surface area (Å²) in [6.45, 7) is 21.8. The van der Waals surface area contributed by atoms with Crippen molar-refractivity contribution in [1.82, 2.24) is 4.90 Å². The third kappa shape index (κ3) is 29.8. The number of hydrogen-bond donors (Lipinski definition) is 0. The molecule has 0 N–H and O–H groups in total. The second-order valence-electron chi connectivity index (χ2n) is 6.20. The molecule has 0 aliphatic carbocycles. The molecule has 1 heterocycles. The molecule has 0 aromatic heterocycles. The van der Waals surface area contributed by atoms with Gasteiger partial charge in [0.15, 0.2) is 0 Å². The second-order valence-corrected chi connectivity index (χ2v) is 6.20. The summed E-state index contributed by atoms with van der Waals surface area (Å²) in [5.41, 5.74) is 1.11. The van der Waals surface area contributed by atoms with Gasteiger partial charge in [0.05, 0.1) is 5.71 Å². The van der Waals surface area contributed by atoms with Crippen LogP contribution in [0.4, 0.5) is 0 Å². The van der Waals surface area contributed by atoms with E-state index in [0.717, 1.165) is 50.0 Å². The SMILES string of the molecule is CC.CC.CC.CC1CCN(C)CC1.CCC(CC)=NOCCCCCC=O. The zero-order valence-electron chi connectivity index (χ0n) is 21.1. The lowest BCUT2D eigenvalue weighted by atomic mass is 10.00. The monoisotopic (exact) mass is 402 g/mol. The molecule has 1 rings (SSSR count). The topological polar surface area (TPSA) is 41.9 Å². The Morgan fingerprint density at radius 3 is 1.86 bits per heavy atom. The molecule has 0 saturated carbocycles. The highest BCUT2D eigenvalue weighted by molar-refractivity contribution is 5.83. The van der Waals surface area contributed by atoms with Crippen LogP contribution in [0, 0.1) is 5.92 Å². The molecule has 28 heavy (non-hydrogen) atoms. The fourth-order valence-electron chi connectivity index (χ4n) is 2.22. The summed E-state index contributed by atoms with van der Waals surface area (Å²) in [5, 5.41) is 4.03. The van der Waals surface area contributed by atoms with Crippen LogP contribution >= 0.6 is 0 Å². The molecule has 4 heteroatoms. The predicted molar refractivity (Wildman–Crippen MR) is 128 cm³/mol. The van der Waals surface area contributed by atoms with Crippen LogP contribution in [0.15, 0.2) is 5.16 Å². The summed E-state index contributed by atoms with van der Waals surface area (Å²) >= 11 is 0. The lowest BCUT2D eigenvalue weighted by molar-refractivity contribution is -0.107. The number of rotatable bonds is 9. The molecule has 1 fully saturated rings. The first kappa shape index (κ1) is 34.6. The van der Waals surface area contributed by atoms with Gasteiger partial charge in [0.2, 0.25) is 0 Å². The van der Waals surface area contributed by atoms with Crippen LogP contribution in [-0.2, 0) is 9.63 Å². The number of unbranched alkanes of at least 4 members (excludes halogenated alkanes) is 3. The number of nitrogens with zero attached hydrogens (tertiary/aromatic N) is 2. The summed E-state index contributed by atoms with van der Waals surface area (Å²) < 4.78 is 0. The molecule has 1 aliphatic heterocycles. The van der Waals surface area contributed by atoms with Crippen molar-refractivity contribution in [3.8, 4) is 0 Å². The third-order valence-corrected chi connectivity index (χ3v) is 4.07. The minimum atomic E-state index is 0.665. The van der Waals surface area contributed by atoms with Crippen molar-refractivity contribution in [1.29, 1.82) is 0 Å². The van der Waals surface area contributed by atoms with Crippen molar-refractivity contribution in [3.63, 3.8) is 0 Å². The molecule has 0 radical (unpaired) electrons. The summed E-state index contributed by atoms with van der Waals surface area (Å²) in [5.74, 6) is 0.978. The average molecular weight is 403 g/mol. The van der Waals surface area contributed by atoms with E-state index in [1.54, 1.807) is 0 Å². The Labute approximate surface area is 178 Å². The van der Waals surface area contributed by atoms with Crippen molar-refractivity contribution in [2.75, 3.05) is 26.7 Å². The van der Waals surface area contributed by atoms with E-state index < -0.39 is 0 Å². The zero-order valence-corrected chi connectivity index (χ0v) is 21.1. The molecule has 4 nitrogen and oxygen atoms in total. The molecule has 1 saturated heterocycles. The van der Waals surface area contributed by atoms with E-state index in [1.165, 1.54) is 25.9 Å². The third-order valence-electron chi connectivity index (χ3n) is 4.07. The van der Waals surface area contributed by atoms with Crippen molar-refractivity contribution in [2.45, 2.75) is 114 Å². The molecule has 0 amide bonds. The quantitative estimate of drug-likeness (QED) is 0.175. The number of likely N-dealkylation sites (tertiary alicyclic amines) is 1. The maximum Gasteiger partial charge on any atom is 0.119 e. The average Bonchev–Trinajstić information content (AvgIpc) is 2.77. The number of carbonyl (C=O) groups is 1. The number of hydrogen-bond acceptors (Lipinski definition) is 4. The number of aldehydes is 1. The van der Waals surface area contributed by atoms with Gasteiger partial charge in [0.1, 0.15) is 12.9 Å². The van der Waals surface area contributed by atoms with Crippen molar-refractivity contribution >= 4 is 12.0 Å². The van der Waals surface area contributed by atoms with Gasteiger partial charge < -0.3 is 14.5 Å². The largest absolute Gasteiger partial charge is 0.396 e. The summed E-state index contributed by atoms with van der Waals surface area (Å²) in [6.07, 6.45) is 9.34. The molecule has 0 aromatic carbocycles. The second kappa shape index (κ2) is 33.7. The van der Waals surface area contributed by atoms with Crippen LogP contribution in [0.25, 0.3) is 0 Å². The number of piperidine rings is 1. The standard InChI is InChI=1S/C11H21NO2.C7H15N.3C2H6/c1-3-11(4-2)12-14-10-8-6-5-7-9-13;1-7-3-5-8(2)6-4-7;3*1-2/h9H,3-8,10H2,1-2H3;7H,3-6H2,1-2H3;3*1-2H3. The molecule has 0 bridgehead atoms. The summed E-state index contributed by atoms with van der Waals surface area (Å²) in [6, 6.07) is 0. The molecule has 0 spiro atoms. The Hall–Kier alpha value is -0.900. The first-order valence-electron chi connectivity index (χ1n) is 11.9. The highest BCUT2D eigenvalue weighted by Gasteiger charge is 2.10. The predicted octanol–water partition coefficient (Wildman–Crippen LogP) is 7.37. The van der Waals surface area contributed by atoms with Gasteiger partial charge in [-0.15, -0.1) is 0 Å². The van der Waals surface area contributed by atoms with E-state index in [4.69, 9.17) is 4.84 Å². The van der Waals surface area contributed by atoms with Gasteiger partial charge in [-0.3, -0.25) is 0 Å². The zero-order chi connectivity index (χ0) is 22.6. The van der Waals surface area contributed by atoms with Crippen LogP contribution in [0.2, 0.25) is 0 Å². The van der Waals surface area contributed by atoms with Crippen molar-refractivity contribution in [3.05, 3.63) is 0 Å². The lowest BCUT2D eigenvalue weighted by Gasteiger charge is -2.26. The van der Waals surface area contributed by atoms with E-state index in [0.29, 0.717) is 13.0 Å². The lowest BCUT2D eigenvalue weighted by Crippen LogP contribution is -2.28. The fraction of sp³-hybridized carbons (Fsp3) is 0.917. The van der Waals surface area contributed by atoms with E-state index in [1.807, 2.05) is 41.5 Å². The van der Waals surface area contributed by atoms with Crippen molar-refractivity contribution < 1.29 is 9.63 Å². The molecule has 0 aromatic rings. The van der Waals surface area contributed by atoms with Gasteiger partial charge in [0, 0.05) is 6.42 Å². The maximum atomic E-state index is 10.0. The Morgan fingerprint density at radius 2 is 1.46 bits per heavy atom. The van der Waals surface area contributed by atoms with Crippen molar-refractivity contribution in [2.24, 2.45) is 11.1 Å². The fourth-order valence-corrected chi connectivity index (χ4v) is 2.22. The van der Waals surface area contributed by atoms with Gasteiger partial charge in [-0.2, -0.15) is 0 Å². The molecule has 0 atom stereocenters. The molecule has 172 valence electrons. The molecular weight excluding hydrogens is 348 g/mol. The van der Waals surface area contributed by atoms with Gasteiger partial charge in [-0.05, 0) is 71.0 Å². The molecule has 1 aliphatic rings. The highest BCUT2D eigenvalue weighted by Crippen LogP contribution is 2.13. The summed E-state index contributed by atoms with van der Waals surface area (Å²) in [7, 11) is 2.20. The van der Waals surface area contributed by atoms with Crippen LogP contribution in [0.5, 0.6) is 0 Å². The van der Waals surface area contributed by atoms with Gasteiger partial charge in [-0.25, -0.2) is 0 Å². The van der Waals surface area contributed by atoms with Gasteiger partial charge in [-0.1, -0.05) is 67.5 Å². The Balaban J connectivity index is -0.000000173. The maximum absolute atomic E-state index is 10.0. The Morgan fingerprint density at radius 1 is 0.964 bits per heavy atom. The first-order valence-corrected chi connectivity index (χ1v) is 11.9. The molecular formula is C24H54N2O2. The highest BCUT2D eigenvalue weighted by atomic mass is 16.6. The Kier molecular flexibility index (Phi) is 41.6. The van der Waals surface area contributed by atoms with E-state index >= 15 is 0 Å². The minimum absolute atomic E-state index is 0.665. The van der Waals surface area contributed by atoms with Crippen LogP contribution in [-0.4, -0.2) is 43.6 Å². The number of carbonyl (C=O) groups excluding carboxylic acids is 1. The van der Waals surface area contributed by atoms with Crippen LogP contribution in [0.3, 0.4) is 0 Å². The van der Waals surface area contributed by atoms with Gasteiger partial charge in [0.25, 0.3) is 0 Å². The van der Waals surface area contributed by atoms with E-state index in [9.17, 15) is 4.79 Å². The first-order chi connectivity index (χ1) is 13.6. The minimum Gasteiger partial charge on any atom is -0.396 e. The van der Waals surface area contributed by atoms with Crippen LogP contribution < -0.4 is 0 Å². The Bertz CT molecular complexity index is 270.